The van der Waals surface area contributed by atoms with Crippen LogP contribution >= 0.6 is 0 Å². The highest BCUT2D eigenvalue weighted by atomic mass is 16.5. The zero-order valence-corrected chi connectivity index (χ0v) is 14.5. The van der Waals surface area contributed by atoms with Crippen LogP contribution in [0.4, 0.5) is 16.2 Å². The van der Waals surface area contributed by atoms with Crippen LogP contribution in [0.3, 0.4) is 0 Å². The highest BCUT2D eigenvalue weighted by molar-refractivity contribution is 5.96. The van der Waals surface area contributed by atoms with Crippen LogP contribution in [0.25, 0.3) is 0 Å². The monoisotopic (exact) mass is 333 g/mol. The molecule has 0 saturated carbocycles. The molecule has 1 fully saturated rings. The number of carbonyl (C=O) groups is 2. The van der Waals surface area contributed by atoms with E-state index in [4.69, 9.17) is 4.74 Å². The first-order valence-electron chi connectivity index (χ1n) is 8.59. The predicted octanol–water partition coefficient (Wildman–Crippen LogP) is 3.00. The van der Waals surface area contributed by atoms with E-state index in [2.05, 4.69) is 24.5 Å². The van der Waals surface area contributed by atoms with Crippen molar-refractivity contribution in [2.45, 2.75) is 33.1 Å². The zero-order valence-electron chi connectivity index (χ0n) is 14.5. The molecule has 1 aromatic rings. The molecule has 1 aromatic carbocycles. The average Bonchev–Trinajstić information content (AvgIpc) is 2.97. The summed E-state index contributed by atoms with van der Waals surface area (Å²) in [5, 5.41) is 5.61. The molecule has 0 atom stereocenters. The van der Waals surface area contributed by atoms with Gasteiger partial charge in [-0.25, -0.2) is 4.79 Å². The number of hydrogen-bond acceptors (Lipinski definition) is 3. The van der Waals surface area contributed by atoms with Gasteiger partial charge in [-0.05, 0) is 37.0 Å². The minimum atomic E-state index is -0.247. The van der Waals surface area contributed by atoms with Crippen LogP contribution in [0.2, 0.25) is 0 Å². The van der Waals surface area contributed by atoms with Crippen LogP contribution in [0.1, 0.15) is 33.1 Å². The first-order valence-corrected chi connectivity index (χ1v) is 8.59. The molecule has 2 rings (SSSR count). The Morgan fingerprint density at radius 2 is 2.21 bits per heavy atom. The summed E-state index contributed by atoms with van der Waals surface area (Å²) in [5.74, 6) is 0.661. The van der Waals surface area contributed by atoms with Crippen LogP contribution in [0.15, 0.2) is 24.3 Å². The van der Waals surface area contributed by atoms with Gasteiger partial charge in [0.1, 0.15) is 0 Å². The fraction of sp³-hybridized carbons (Fsp3) is 0.556. The lowest BCUT2D eigenvalue weighted by Gasteiger charge is -2.17. The second-order valence-electron chi connectivity index (χ2n) is 6.40. The molecule has 1 saturated heterocycles. The van der Waals surface area contributed by atoms with Gasteiger partial charge in [0.25, 0.3) is 0 Å². The standard InChI is InChI=1S/C18H27N3O3/c1-14(2)13-24-11-5-9-19-18(23)20-15-6-3-7-16(12-15)21-10-4-8-17(21)22/h3,6-7,12,14H,4-5,8-11,13H2,1-2H3,(H2,19,20,23). The molecule has 24 heavy (non-hydrogen) atoms. The first kappa shape index (κ1) is 18.3. The number of rotatable bonds is 8. The lowest BCUT2D eigenvalue weighted by Crippen LogP contribution is -2.30. The normalized spacial score (nSPS) is 14.3. The molecule has 1 aliphatic heterocycles. The smallest absolute Gasteiger partial charge is 0.319 e. The number of anilines is 2. The molecule has 0 radical (unpaired) electrons. The van der Waals surface area contributed by atoms with Crippen molar-refractivity contribution in [2.75, 3.05) is 36.5 Å². The summed E-state index contributed by atoms with van der Waals surface area (Å²) >= 11 is 0. The molecule has 6 nitrogen and oxygen atoms in total. The Morgan fingerprint density at radius 1 is 1.38 bits per heavy atom. The summed E-state index contributed by atoms with van der Waals surface area (Å²) in [6.45, 7) is 6.91. The average molecular weight is 333 g/mol. The van der Waals surface area contributed by atoms with E-state index in [-0.39, 0.29) is 11.9 Å². The summed E-state index contributed by atoms with van der Waals surface area (Å²) in [5.41, 5.74) is 1.51. The minimum absolute atomic E-state index is 0.137. The third-order valence-electron chi connectivity index (χ3n) is 3.69. The van der Waals surface area contributed by atoms with Crippen LogP contribution < -0.4 is 15.5 Å². The number of nitrogens with one attached hydrogen (secondary N) is 2. The van der Waals surface area contributed by atoms with Gasteiger partial charge < -0.3 is 20.3 Å². The number of ether oxygens (including phenoxy) is 1. The van der Waals surface area contributed by atoms with E-state index in [1.54, 1.807) is 4.90 Å². The predicted molar refractivity (Wildman–Crippen MR) is 95.3 cm³/mol. The molecule has 0 aliphatic carbocycles. The molecule has 2 N–H and O–H groups in total. The van der Waals surface area contributed by atoms with E-state index in [1.165, 1.54) is 0 Å². The van der Waals surface area contributed by atoms with Crippen LogP contribution in [-0.2, 0) is 9.53 Å². The molecular formula is C18H27N3O3. The van der Waals surface area contributed by atoms with Crippen molar-refractivity contribution in [3.05, 3.63) is 24.3 Å². The van der Waals surface area contributed by atoms with Gasteiger partial charge >= 0.3 is 6.03 Å². The minimum Gasteiger partial charge on any atom is -0.381 e. The number of nitrogens with zero attached hydrogens (tertiary/aromatic N) is 1. The Hall–Kier alpha value is -2.08. The number of benzene rings is 1. The molecule has 6 heteroatoms. The van der Waals surface area contributed by atoms with Crippen LogP contribution in [-0.4, -0.2) is 38.2 Å². The van der Waals surface area contributed by atoms with Gasteiger partial charge in [0.2, 0.25) is 5.91 Å². The molecular weight excluding hydrogens is 306 g/mol. The van der Waals surface area contributed by atoms with E-state index in [0.29, 0.717) is 31.2 Å². The Kier molecular flexibility index (Phi) is 7.06. The third kappa shape index (κ3) is 5.85. The Balaban J connectivity index is 1.73. The fourth-order valence-electron chi connectivity index (χ4n) is 2.54. The van der Waals surface area contributed by atoms with Gasteiger partial charge in [-0.1, -0.05) is 19.9 Å². The number of hydrogen-bond donors (Lipinski definition) is 2. The van der Waals surface area contributed by atoms with Gasteiger partial charge in [0.15, 0.2) is 0 Å². The lowest BCUT2D eigenvalue weighted by atomic mass is 10.2. The maximum Gasteiger partial charge on any atom is 0.319 e. The van der Waals surface area contributed by atoms with E-state index >= 15 is 0 Å². The maximum absolute atomic E-state index is 11.9. The van der Waals surface area contributed by atoms with Crippen LogP contribution in [0.5, 0.6) is 0 Å². The summed E-state index contributed by atoms with van der Waals surface area (Å²) in [6, 6.07) is 7.13. The largest absolute Gasteiger partial charge is 0.381 e. The molecule has 0 aromatic heterocycles. The summed E-state index contributed by atoms with van der Waals surface area (Å²) in [4.78, 5) is 25.5. The second-order valence-corrected chi connectivity index (χ2v) is 6.40. The number of carbonyl (C=O) groups excluding carboxylic acids is 2. The van der Waals surface area contributed by atoms with Gasteiger partial charge in [0, 0.05) is 44.1 Å². The van der Waals surface area contributed by atoms with Crippen molar-refractivity contribution < 1.29 is 14.3 Å². The van der Waals surface area contributed by atoms with E-state index < -0.39 is 0 Å². The summed E-state index contributed by atoms with van der Waals surface area (Å²) in [7, 11) is 0. The highest BCUT2D eigenvalue weighted by Gasteiger charge is 2.21. The number of urea groups is 1. The van der Waals surface area contributed by atoms with E-state index in [9.17, 15) is 9.59 Å². The second kappa shape index (κ2) is 9.27. The number of amides is 3. The van der Waals surface area contributed by atoms with Crippen molar-refractivity contribution >= 4 is 23.3 Å². The van der Waals surface area contributed by atoms with E-state index in [1.807, 2.05) is 24.3 Å². The van der Waals surface area contributed by atoms with Gasteiger partial charge in [0.05, 0.1) is 0 Å². The van der Waals surface area contributed by atoms with E-state index in [0.717, 1.165) is 31.7 Å². The van der Waals surface area contributed by atoms with Gasteiger partial charge in [-0.15, -0.1) is 0 Å². The molecule has 3 amide bonds. The molecule has 1 heterocycles. The van der Waals surface area contributed by atoms with Crippen molar-refractivity contribution in [2.24, 2.45) is 5.92 Å². The van der Waals surface area contributed by atoms with Gasteiger partial charge in [-0.3, -0.25) is 4.79 Å². The Morgan fingerprint density at radius 3 is 2.92 bits per heavy atom. The molecule has 0 bridgehead atoms. The topological polar surface area (TPSA) is 70.7 Å². The Bertz CT molecular complexity index is 560. The van der Waals surface area contributed by atoms with Crippen molar-refractivity contribution in [1.29, 1.82) is 0 Å². The van der Waals surface area contributed by atoms with Crippen molar-refractivity contribution in [1.82, 2.24) is 5.32 Å². The molecule has 0 unspecified atom stereocenters. The van der Waals surface area contributed by atoms with Gasteiger partial charge in [-0.2, -0.15) is 0 Å². The highest BCUT2D eigenvalue weighted by Crippen LogP contribution is 2.24. The molecule has 1 aliphatic rings. The zero-order chi connectivity index (χ0) is 17.4. The molecule has 132 valence electrons. The third-order valence-corrected chi connectivity index (χ3v) is 3.69. The lowest BCUT2D eigenvalue weighted by molar-refractivity contribution is -0.117. The maximum atomic E-state index is 11.9. The quantitative estimate of drug-likeness (QED) is 0.719. The van der Waals surface area contributed by atoms with Crippen LogP contribution in [0, 0.1) is 5.92 Å². The summed E-state index contributed by atoms with van der Waals surface area (Å²) < 4.78 is 5.47. The molecule has 0 spiro atoms. The summed E-state index contributed by atoms with van der Waals surface area (Å²) in [6.07, 6.45) is 2.26. The van der Waals surface area contributed by atoms with Crippen molar-refractivity contribution in [3.63, 3.8) is 0 Å². The van der Waals surface area contributed by atoms with Crippen molar-refractivity contribution in [3.8, 4) is 0 Å². The first-order chi connectivity index (χ1) is 11.6. The fourth-order valence-corrected chi connectivity index (χ4v) is 2.54. The SMILES string of the molecule is CC(C)COCCCNC(=O)Nc1cccc(N2CCCC2=O)c1. The Labute approximate surface area is 143 Å².